The smallest absolute Gasteiger partial charge is 0.338 e. The zero-order valence-corrected chi connectivity index (χ0v) is 36.5. The highest BCUT2D eigenvalue weighted by molar-refractivity contribution is 5.89. The molecule has 7 rings (SSSR count). The van der Waals surface area contributed by atoms with Crippen LogP contribution in [0.25, 0.3) is 0 Å². The molecule has 10 nitrogen and oxygen atoms in total. The first kappa shape index (κ1) is 44.5. The van der Waals surface area contributed by atoms with E-state index >= 15 is 0 Å². The number of carbonyl (C=O) groups is 2. The van der Waals surface area contributed by atoms with Crippen LogP contribution in [0.2, 0.25) is 0 Å². The number of esters is 2. The maximum atomic E-state index is 14.5. The van der Waals surface area contributed by atoms with Crippen molar-refractivity contribution in [2.24, 2.45) is 40.4 Å². The maximum Gasteiger partial charge on any atom is 0.338 e. The van der Waals surface area contributed by atoms with Gasteiger partial charge in [0.15, 0.2) is 5.60 Å². The molecule has 1 aliphatic heterocycles. The van der Waals surface area contributed by atoms with Gasteiger partial charge < -0.3 is 33.9 Å². The van der Waals surface area contributed by atoms with Crippen LogP contribution < -0.4 is 0 Å². The number of aliphatic hydroxyl groups excluding tert-OH is 2. The molecule has 0 amide bonds. The van der Waals surface area contributed by atoms with Gasteiger partial charge in [-0.05, 0) is 87.8 Å². The second-order valence-electron chi connectivity index (χ2n) is 18.8. The number of allylic oxidation sites excluding steroid dienone is 4. The molecule has 1 aromatic rings. The summed E-state index contributed by atoms with van der Waals surface area (Å²) in [6, 6.07) is 8.95. The number of aliphatic hydroxyl groups is 2. The van der Waals surface area contributed by atoms with Crippen molar-refractivity contribution in [3.05, 3.63) is 60.2 Å². The minimum atomic E-state index is -1.45. The Hall–Kier alpha value is -2.60. The van der Waals surface area contributed by atoms with Crippen molar-refractivity contribution in [1.29, 1.82) is 0 Å². The second kappa shape index (κ2) is 19.2. The normalized spacial score (nSPS) is 39.3. The first-order chi connectivity index (χ1) is 28.7. The highest BCUT2D eigenvalue weighted by atomic mass is 16.6. The minimum absolute atomic E-state index is 0.0840. The van der Waals surface area contributed by atoms with Gasteiger partial charge in [0, 0.05) is 69.4 Å². The Labute approximate surface area is 353 Å². The van der Waals surface area contributed by atoms with E-state index in [4.69, 9.17) is 23.7 Å². The fourth-order valence-corrected chi connectivity index (χ4v) is 14.1. The Morgan fingerprint density at radius 2 is 1.54 bits per heavy atom. The van der Waals surface area contributed by atoms with E-state index in [0.717, 1.165) is 51.5 Å². The SMILES string of the molecule is CCCCC/C=C\C/C=C\CCCCCCCC(=O)O[C@@]12[C@@H]3[C@@H](CC([C@@H](OC)[C@@H]1O)[C@@H]3OC(=O)c1ccccc1)[C@@]13CC[C@@H](O)[C@@]4(COC)CN(CC)C1[C@@H]2[C@H](OC)[C@H]43. The van der Waals surface area contributed by atoms with Crippen LogP contribution in [0.15, 0.2) is 54.6 Å². The average Bonchev–Trinajstić information content (AvgIpc) is 3.66. The van der Waals surface area contributed by atoms with Crippen LogP contribution in [-0.4, -0.2) is 110 Å². The number of piperidine rings is 1. The van der Waals surface area contributed by atoms with Gasteiger partial charge >= 0.3 is 11.9 Å². The van der Waals surface area contributed by atoms with E-state index in [9.17, 15) is 19.8 Å². The summed E-state index contributed by atoms with van der Waals surface area (Å²) >= 11 is 0. The van der Waals surface area contributed by atoms with Crippen LogP contribution in [0, 0.1) is 40.4 Å². The number of unbranched alkanes of at least 4 members (excludes halogenated alkanes) is 8. The number of ether oxygens (including phenoxy) is 5. The Morgan fingerprint density at radius 1 is 0.847 bits per heavy atom. The van der Waals surface area contributed by atoms with E-state index in [1.165, 1.54) is 25.7 Å². The number of hydrogen-bond acceptors (Lipinski definition) is 10. The fraction of sp³-hybridized carbons (Fsp3) is 0.755. The van der Waals surface area contributed by atoms with Gasteiger partial charge in [-0.2, -0.15) is 0 Å². The van der Waals surface area contributed by atoms with Crippen molar-refractivity contribution < 1.29 is 43.5 Å². The Morgan fingerprint density at radius 3 is 2.22 bits per heavy atom. The number of rotatable bonds is 22. The van der Waals surface area contributed by atoms with E-state index in [-0.39, 0.29) is 41.6 Å². The molecule has 2 N–H and O–H groups in total. The number of benzene rings is 1. The molecule has 59 heavy (non-hydrogen) atoms. The highest BCUT2D eigenvalue weighted by Crippen LogP contribution is 2.80. The first-order valence-corrected chi connectivity index (χ1v) is 23.1. The predicted molar refractivity (Wildman–Crippen MR) is 227 cm³/mol. The lowest BCUT2D eigenvalue weighted by Crippen LogP contribution is -2.78. The van der Waals surface area contributed by atoms with Gasteiger partial charge in [0.05, 0.1) is 30.5 Å². The standard InChI is InChI=1S/C49H73NO9/c1-6-8-9-10-11-12-13-14-15-16-17-18-19-20-24-27-37(52)59-49-38-35(30-34(41(56-4)45(49)53)40(38)58-46(54)33-25-22-21-23-26-33)48-29-28-36(51)47(32-55-3)31-50(7-2)44(48)39(49)42(57-5)43(47)48/h11-12,14-15,21-23,25-26,34-36,38-45,51,53H,6-10,13,16-20,24,27-32H2,1-5H3/b12-11-,15-14-/t34?,35-,36-,38-,39+,40+,41-,42+,43-,44?,45+,47+,48-,49-/m1/s1. The lowest BCUT2D eigenvalue weighted by atomic mass is 9.43. The molecule has 14 atom stereocenters. The van der Waals surface area contributed by atoms with Gasteiger partial charge in [-0.25, -0.2) is 4.79 Å². The molecule has 328 valence electrons. The van der Waals surface area contributed by atoms with E-state index < -0.39 is 59.3 Å². The van der Waals surface area contributed by atoms with Crippen LogP contribution in [0.4, 0.5) is 0 Å². The van der Waals surface area contributed by atoms with Gasteiger partial charge in [-0.1, -0.05) is 88.5 Å². The molecule has 2 unspecified atom stereocenters. The van der Waals surface area contributed by atoms with Gasteiger partial charge in [0.1, 0.15) is 12.2 Å². The van der Waals surface area contributed by atoms with E-state index in [1.54, 1.807) is 33.5 Å². The van der Waals surface area contributed by atoms with Crippen LogP contribution in [0.1, 0.15) is 121 Å². The molecular formula is C49H73NO9. The van der Waals surface area contributed by atoms with Gasteiger partial charge in [-0.3, -0.25) is 9.69 Å². The average molecular weight is 820 g/mol. The molecule has 5 saturated carbocycles. The monoisotopic (exact) mass is 820 g/mol. The summed E-state index contributed by atoms with van der Waals surface area (Å²) in [7, 11) is 5.03. The largest absolute Gasteiger partial charge is 0.458 e. The molecule has 6 aliphatic rings. The number of likely N-dealkylation sites (tertiary alicyclic amines) is 1. The zero-order chi connectivity index (χ0) is 41.8. The Bertz CT molecular complexity index is 1620. The van der Waals surface area contributed by atoms with Crippen LogP contribution in [0.5, 0.6) is 0 Å². The third kappa shape index (κ3) is 7.58. The van der Waals surface area contributed by atoms with Crippen LogP contribution >= 0.6 is 0 Å². The van der Waals surface area contributed by atoms with Gasteiger partial charge in [0.2, 0.25) is 0 Å². The number of fused-ring (bicyclic) bond motifs is 2. The van der Waals surface area contributed by atoms with Crippen LogP contribution in [-0.2, 0) is 28.5 Å². The van der Waals surface area contributed by atoms with Crippen molar-refractivity contribution in [1.82, 2.24) is 4.90 Å². The molecular weight excluding hydrogens is 747 g/mol. The second-order valence-corrected chi connectivity index (χ2v) is 18.8. The molecule has 10 heteroatoms. The lowest BCUT2D eigenvalue weighted by molar-refractivity contribution is -0.295. The molecule has 1 spiro atoms. The summed E-state index contributed by atoms with van der Waals surface area (Å²) in [4.78, 5) is 30.9. The van der Waals surface area contributed by atoms with E-state index in [1.807, 2.05) is 18.2 Å². The minimum Gasteiger partial charge on any atom is -0.458 e. The Kier molecular flexibility index (Phi) is 14.5. The third-order valence-corrected chi connectivity index (χ3v) is 16.1. The van der Waals surface area contributed by atoms with E-state index in [0.29, 0.717) is 38.0 Å². The molecule has 7 bridgehead atoms. The lowest BCUT2D eigenvalue weighted by Gasteiger charge is -2.68. The highest BCUT2D eigenvalue weighted by Gasteiger charge is 2.88. The molecule has 1 aromatic carbocycles. The van der Waals surface area contributed by atoms with Crippen molar-refractivity contribution in [3.8, 4) is 0 Å². The number of hydrogen-bond donors (Lipinski definition) is 2. The molecule has 1 saturated heterocycles. The molecule has 6 fully saturated rings. The summed E-state index contributed by atoms with van der Waals surface area (Å²) in [6.07, 6.45) is 19.7. The van der Waals surface area contributed by atoms with Crippen LogP contribution in [0.3, 0.4) is 0 Å². The summed E-state index contributed by atoms with van der Waals surface area (Å²) in [5.41, 5.74) is -1.98. The van der Waals surface area contributed by atoms with Crippen molar-refractivity contribution >= 4 is 11.9 Å². The van der Waals surface area contributed by atoms with Crippen molar-refractivity contribution in [2.45, 2.75) is 152 Å². The Balaban J connectivity index is 1.14. The number of nitrogens with zero attached hydrogens (tertiary/aromatic N) is 1. The fourth-order valence-electron chi connectivity index (χ4n) is 14.1. The summed E-state index contributed by atoms with van der Waals surface area (Å²) < 4.78 is 32.5. The zero-order valence-electron chi connectivity index (χ0n) is 36.5. The quantitative estimate of drug-likeness (QED) is 0.0684. The van der Waals surface area contributed by atoms with Gasteiger partial charge in [-0.15, -0.1) is 0 Å². The molecule has 1 heterocycles. The molecule has 5 aliphatic carbocycles. The third-order valence-electron chi connectivity index (χ3n) is 16.1. The van der Waals surface area contributed by atoms with Gasteiger partial charge in [0.25, 0.3) is 0 Å². The maximum absolute atomic E-state index is 14.5. The summed E-state index contributed by atoms with van der Waals surface area (Å²) in [5.74, 6) is -2.23. The molecule has 0 radical (unpaired) electrons. The molecule has 0 aromatic heterocycles. The summed E-state index contributed by atoms with van der Waals surface area (Å²) in [6.45, 7) is 6.10. The number of methoxy groups -OCH3 is 3. The first-order valence-electron chi connectivity index (χ1n) is 23.1. The summed E-state index contributed by atoms with van der Waals surface area (Å²) in [5, 5.41) is 25.0. The van der Waals surface area contributed by atoms with E-state index in [2.05, 4.69) is 43.1 Å². The van der Waals surface area contributed by atoms with Crippen molar-refractivity contribution in [2.75, 3.05) is 41.0 Å². The topological polar surface area (TPSA) is 124 Å². The van der Waals surface area contributed by atoms with Crippen molar-refractivity contribution in [3.63, 3.8) is 0 Å². The predicted octanol–water partition coefficient (Wildman–Crippen LogP) is 7.70. The number of carbonyl (C=O) groups excluding carboxylic acids is 2.